The third kappa shape index (κ3) is 6.88. The van der Waals surface area contributed by atoms with Crippen LogP contribution in [0.3, 0.4) is 0 Å². The molecular formula is C23H29N3O4. The van der Waals surface area contributed by atoms with Crippen LogP contribution >= 0.6 is 0 Å². The van der Waals surface area contributed by atoms with Gasteiger partial charge in [-0.25, -0.2) is 0 Å². The number of carbonyl (C=O) groups excluding carboxylic acids is 3. The summed E-state index contributed by atoms with van der Waals surface area (Å²) in [5, 5.41) is 5.45. The van der Waals surface area contributed by atoms with Crippen molar-refractivity contribution in [1.29, 1.82) is 0 Å². The second-order valence-electron chi connectivity index (χ2n) is 7.05. The largest absolute Gasteiger partial charge is 0.464 e. The third-order valence-electron chi connectivity index (χ3n) is 4.54. The molecule has 1 aliphatic rings. The molecular weight excluding hydrogens is 382 g/mol. The fourth-order valence-electron chi connectivity index (χ4n) is 3.26. The smallest absolute Gasteiger partial charge is 0.319 e. The minimum absolute atomic E-state index is 0.00329. The maximum Gasteiger partial charge on any atom is 0.319 e. The molecule has 2 aromatic rings. The van der Waals surface area contributed by atoms with E-state index in [0.717, 1.165) is 0 Å². The molecule has 160 valence electrons. The molecule has 7 nitrogen and oxygen atoms in total. The highest BCUT2D eigenvalue weighted by Gasteiger charge is 2.28. The second-order valence-corrected chi connectivity index (χ2v) is 7.05. The molecule has 0 radical (unpaired) electrons. The lowest BCUT2D eigenvalue weighted by Gasteiger charge is -2.14. The normalized spacial score (nSPS) is 11.7. The maximum absolute atomic E-state index is 11.8. The van der Waals surface area contributed by atoms with Crippen molar-refractivity contribution in [3.05, 3.63) is 59.7 Å². The van der Waals surface area contributed by atoms with Crippen molar-refractivity contribution in [2.24, 2.45) is 5.73 Å². The highest BCUT2D eigenvalue weighted by Crippen LogP contribution is 2.44. The summed E-state index contributed by atoms with van der Waals surface area (Å²) in [6.07, 6.45) is 0. The van der Waals surface area contributed by atoms with Gasteiger partial charge in [0.1, 0.15) is 18.2 Å². The van der Waals surface area contributed by atoms with Crippen LogP contribution in [0.2, 0.25) is 0 Å². The molecule has 0 heterocycles. The van der Waals surface area contributed by atoms with Crippen LogP contribution in [0.25, 0.3) is 11.1 Å². The van der Waals surface area contributed by atoms with Gasteiger partial charge in [-0.3, -0.25) is 19.7 Å². The number of esters is 1. The number of fused-ring (bicyclic) bond motifs is 3. The first-order valence-corrected chi connectivity index (χ1v) is 9.88. The van der Waals surface area contributed by atoms with Gasteiger partial charge in [-0.05, 0) is 36.1 Å². The molecule has 0 spiro atoms. The molecule has 7 heteroatoms. The first-order chi connectivity index (χ1) is 14.4. The average Bonchev–Trinajstić information content (AvgIpc) is 3.05. The number of ether oxygens (including phenoxy) is 1. The Bertz CT molecular complexity index is 837. The predicted molar refractivity (Wildman–Crippen MR) is 116 cm³/mol. The van der Waals surface area contributed by atoms with E-state index in [1.807, 2.05) is 24.3 Å². The van der Waals surface area contributed by atoms with E-state index >= 15 is 0 Å². The number of nitrogens with two attached hydrogens (primary N) is 1. The number of benzene rings is 2. The summed E-state index contributed by atoms with van der Waals surface area (Å²) in [6, 6.07) is 16.4. The Morgan fingerprint density at radius 3 is 1.80 bits per heavy atom. The van der Waals surface area contributed by atoms with Gasteiger partial charge in [0, 0.05) is 12.6 Å². The average molecular weight is 412 g/mol. The van der Waals surface area contributed by atoms with E-state index in [9.17, 15) is 14.4 Å². The number of rotatable bonds is 9. The molecule has 0 saturated carbocycles. The minimum Gasteiger partial charge on any atom is -0.464 e. The number of hydrogen-bond acceptors (Lipinski definition) is 7. The van der Waals surface area contributed by atoms with Gasteiger partial charge in [0.2, 0.25) is 0 Å². The van der Waals surface area contributed by atoms with Crippen molar-refractivity contribution in [2.75, 3.05) is 32.9 Å². The van der Waals surface area contributed by atoms with Crippen LogP contribution in [0, 0.1) is 0 Å². The van der Waals surface area contributed by atoms with Crippen LogP contribution in [0.5, 0.6) is 0 Å². The van der Waals surface area contributed by atoms with Crippen LogP contribution < -0.4 is 16.4 Å². The molecule has 30 heavy (non-hydrogen) atoms. The molecule has 0 saturated heterocycles. The highest BCUT2D eigenvalue weighted by atomic mass is 16.5. The van der Waals surface area contributed by atoms with Gasteiger partial charge in [-0.15, -0.1) is 0 Å². The van der Waals surface area contributed by atoms with E-state index in [1.165, 1.54) is 36.1 Å². The molecule has 0 fully saturated rings. The zero-order valence-corrected chi connectivity index (χ0v) is 17.4. The van der Waals surface area contributed by atoms with Crippen molar-refractivity contribution in [1.82, 2.24) is 10.6 Å². The summed E-state index contributed by atoms with van der Waals surface area (Å²) in [4.78, 5) is 32.7. The molecule has 0 amide bonds. The lowest BCUT2D eigenvalue weighted by molar-refractivity contribution is -0.142. The van der Waals surface area contributed by atoms with Crippen molar-refractivity contribution in [3.63, 3.8) is 0 Å². The molecule has 4 N–H and O–H groups in total. The zero-order chi connectivity index (χ0) is 21.9. The number of nitrogens with one attached hydrogen (secondary N) is 2. The summed E-state index contributed by atoms with van der Waals surface area (Å²) in [5.41, 5.74) is 9.81. The van der Waals surface area contributed by atoms with Crippen LogP contribution in [0.15, 0.2) is 48.5 Å². The van der Waals surface area contributed by atoms with Gasteiger partial charge in [0.25, 0.3) is 0 Å². The lowest BCUT2D eigenvalue weighted by atomic mass is 9.98. The predicted octanol–water partition coefficient (Wildman–Crippen LogP) is 1.60. The van der Waals surface area contributed by atoms with E-state index in [0.29, 0.717) is 19.8 Å². The van der Waals surface area contributed by atoms with E-state index in [-0.39, 0.29) is 36.5 Å². The quantitative estimate of drug-likeness (QED) is 0.425. The highest BCUT2D eigenvalue weighted by molar-refractivity contribution is 5.80. The minimum atomic E-state index is -0.340. The molecule has 2 aromatic carbocycles. The van der Waals surface area contributed by atoms with Crippen molar-refractivity contribution >= 4 is 17.5 Å². The molecule has 0 aliphatic heterocycles. The first kappa shape index (κ1) is 23.4. The Balaban J connectivity index is 0.000000396. The van der Waals surface area contributed by atoms with Gasteiger partial charge in [-0.2, -0.15) is 0 Å². The fraction of sp³-hybridized carbons (Fsp3) is 0.348. The monoisotopic (exact) mass is 411 g/mol. The van der Waals surface area contributed by atoms with Gasteiger partial charge < -0.3 is 15.8 Å². The summed E-state index contributed by atoms with van der Waals surface area (Å²) in [5.74, 6) is -0.158. The standard InChI is InChI=1S/C19H19NO3.C4H10N2O/c1-13(21)10-20-11-19(22)23-12-18-16-8-4-2-6-14(16)15-7-3-5-9-17(15)18;1-4(7)2-6-3-5/h2-9,18,20H,10-12H2,1H3;6H,2-3,5H2,1H3. The Kier molecular flexibility index (Phi) is 9.34. The fourth-order valence-corrected chi connectivity index (χ4v) is 3.26. The number of carbonyl (C=O) groups is 3. The maximum atomic E-state index is 11.8. The number of ketones is 2. The van der Waals surface area contributed by atoms with Crippen molar-refractivity contribution in [3.8, 4) is 11.1 Å². The van der Waals surface area contributed by atoms with E-state index < -0.39 is 0 Å². The van der Waals surface area contributed by atoms with E-state index in [1.54, 1.807) is 0 Å². The Labute approximate surface area is 177 Å². The van der Waals surface area contributed by atoms with E-state index in [4.69, 9.17) is 10.5 Å². The first-order valence-electron chi connectivity index (χ1n) is 9.88. The summed E-state index contributed by atoms with van der Waals surface area (Å²) in [7, 11) is 0. The summed E-state index contributed by atoms with van der Waals surface area (Å²) < 4.78 is 5.41. The lowest BCUT2D eigenvalue weighted by Crippen LogP contribution is -2.29. The topological polar surface area (TPSA) is 111 Å². The zero-order valence-electron chi connectivity index (χ0n) is 17.4. The molecule has 1 aliphatic carbocycles. The molecule has 0 aromatic heterocycles. The summed E-state index contributed by atoms with van der Waals surface area (Å²) in [6.45, 7) is 4.30. The molecule has 3 rings (SSSR count). The van der Waals surface area contributed by atoms with E-state index in [2.05, 4.69) is 34.9 Å². The van der Waals surface area contributed by atoms with Gasteiger partial charge >= 0.3 is 5.97 Å². The van der Waals surface area contributed by atoms with Crippen LogP contribution in [-0.2, 0) is 19.1 Å². The van der Waals surface area contributed by atoms with Crippen LogP contribution in [0.4, 0.5) is 0 Å². The molecule has 0 bridgehead atoms. The van der Waals surface area contributed by atoms with Gasteiger partial charge in [-0.1, -0.05) is 48.5 Å². The van der Waals surface area contributed by atoms with Crippen molar-refractivity contribution < 1.29 is 19.1 Å². The third-order valence-corrected chi connectivity index (χ3v) is 4.54. The van der Waals surface area contributed by atoms with Gasteiger partial charge in [0.05, 0.1) is 19.6 Å². The van der Waals surface area contributed by atoms with Crippen LogP contribution in [0.1, 0.15) is 30.9 Å². The Hall–Kier alpha value is -2.87. The van der Waals surface area contributed by atoms with Gasteiger partial charge in [0.15, 0.2) is 0 Å². The molecule has 0 unspecified atom stereocenters. The summed E-state index contributed by atoms with van der Waals surface area (Å²) >= 11 is 0. The van der Waals surface area contributed by atoms with Crippen LogP contribution in [-0.4, -0.2) is 50.4 Å². The number of hydrogen-bond donors (Lipinski definition) is 3. The molecule has 0 atom stereocenters. The SMILES string of the molecule is CC(=O)CNCC(=O)OCC1c2ccccc2-c2ccccc21.CC(=O)CNCN. The second kappa shape index (κ2) is 12.0. The Morgan fingerprint density at radius 1 is 0.833 bits per heavy atom. The Morgan fingerprint density at radius 2 is 1.33 bits per heavy atom. The van der Waals surface area contributed by atoms with Crippen molar-refractivity contribution in [2.45, 2.75) is 19.8 Å². The number of Topliss-reactive ketones (excluding diaryl/α,β-unsaturated/α-hetero) is 2.